The van der Waals surface area contributed by atoms with E-state index in [2.05, 4.69) is 50.6 Å². The molecule has 0 bridgehead atoms. The Morgan fingerprint density at radius 3 is 2.94 bits per heavy atom. The molecule has 0 atom stereocenters. The molecule has 0 aliphatic heterocycles. The Kier molecular flexibility index (Phi) is 2.96. The van der Waals surface area contributed by atoms with Gasteiger partial charge in [0, 0.05) is 19.0 Å². The smallest absolute Gasteiger partial charge is 0.132 e. The van der Waals surface area contributed by atoms with Gasteiger partial charge in [0.2, 0.25) is 0 Å². The highest BCUT2D eigenvalue weighted by Crippen LogP contribution is 2.20. The number of rotatable bonds is 3. The number of imidazole rings is 1. The second-order valence-corrected chi connectivity index (χ2v) is 5.11. The second-order valence-electron chi connectivity index (χ2n) is 4.36. The highest BCUT2D eigenvalue weighted by atomic mass is 79.9. The lowest BCUT2D eigenvalue weighted by atomic mass is 10.2. The van der Waals surface area contributed by atoms with Gasteiger partial charge in [-0.15, -0.1) is 0 Å². The van der Waals surface area contributed by atoms with Gasteiger partial charge >= 0.3 is 0 Å². The first kappa shape index (κ1) is 11.5. The van der Waals surface area contributed by atoms with Gasteiger partial charge in [-0.2, -0.15) is 0 Å². The van der Waals surface area contributed by atoms with E-state index in [-0.39, 0.29) is 0 Å². The third-order valence-corrected chi connectivity index (χ3v) is 3.57. The Balaban J connectivity index is 1.94. The van der Waals surface area contributed by atoms with Crippen molar-refractivity contribution in [2.24, 2.45) is 0 Å². The van der Waals surface area contributed by atoms with Crippen molar-refractivity contribution < 1.29 is 4.42 Å². The fourth-order valence-electron chi connectivity index (χ4n) is 2.08. The summed E-state index contributed by atoms with van der Waals surface area (Å²) in [5.41, 5.74) is 2.33. The minimum atomic E-state index is 0.865. The maximum Gasteiger partial charge on any atom is 0.132 e. The number of pyridine rings is 1. The molecule has 18 heavy (non-hydrogen) atoms. The zero-order valence-corrected chi connectivity index (χ0v) is 11.6. The number of furan rings is 1. The van der Waals surface area contributed by atoms with E-state index in [1.807, 2.05) is 12.1 Å². The first-order chi connectivity index (χ1) is 8.74. The van der Waals surface area contributed by atoms with Crippen LogP contribution < -0.4 is 0 Å². The van der Waals surface area contributed by atoms with Crippen molar-refractivity contribution in [3.63, 3.8) is 0 Å². The number of fused-ring (bicyclic) bond motifs is 1. The van der Waals surface area contributed by atoms with E-state index in [9.17, 15) is 0 Å². The van der Waals surface area contributed by atoms with Crippen LogP contribution in [0.5, 0.6) is 0 Å². The van der Waals surface area contributed by atoms with Crippen LogP contribution in [0.3, 0.4) is 0 Å². The molecule has 0 radical (unpaired) electrons. The number of nitrogens with zero attached hydrogens (tertiary/aromatic N) is 2. The van der Waals surface area contributed by atoms with Crippen molar-refractivity contribution in [2.45, 2.75) is 19.8 Å². The van der Waals surface area contributed by atoms with Crippen molar-refractivity contribution in [2.75, 3.05) is 0 Å². The molecule has 0 unspecified atom stereocenters. The zero-order valence-electron chi connectivity index (χ0n) is 10.1. The minimum Gasteiger partial charge on any atom is -0.469 e. The van der Waals surface area contributed by atoms with Crippen molar-refractivity contribution in [3.8, 4) is 0 Å². The number of aryl methyl sites for hydroxylation is 3. The van der Waals surface area contributed by atoms with Crippen LogP contribution in [-0.4, -0.2) is 9.38 Å². The highest BCUT2D eigenvalue weighted by Gasteiger charge is 2.09. The zero-order chi connectivity index (χ0) is 12.5. The van der Waals surface area contributed by atoms with Gasteiger partial charge in [-0.1, -0.05) is 6.07 Å². The molecule has 3 heterocycles. The topological polar surface area (TPSA) is 30.4 Å². The third-order valence-electron chi connectivity index (χ3n) is 2.99. The third kappa shape index (κ3) is 2.08. The van der Waals surface area contributed by atoms with Crippen molar-refractivity contribution in [1.82, 2.24) is 9.38 Å². The van der Waals surface area contributed by atoms with Crippen LogP contribution in [0.25, 0.3) is 5.52 Å². The fraction of sp³-hybridized carbons (Fsp3) is 0.214. The molecule has 0 saturated carbocycles. The molecule has 0 aromatic carbocycles. The summed E-state index contributed by atoms with van der Waals surface area (Å²) >= 11 is 3.51. The lowest BCUT2D eigenvalue weighted by molar-refractivity contribution is 0.506. The van der Waals surface area contributed by atoms with E-state index in [1.54, 1.807) is 6.26 Å². The molecule has 3 rings (SSSR count). The maximum absolute atomic E-state index is 5.35. The predicted octanol–water partition coefficient (Wildman–Crippen LogP) is 3.78. The number of hydrogen-bond donors (Lipinski definition) is 0. The molecule has 0 amide bonds. The molecule has 0 aliphatic carbocycles. The van der Waals surface area contributed by atoms with E-state index >= 15 is 0 Å². The molecule has 0 fully saturated rings. The first-order valence-electron chi connectivity index (χ1n) is 5.89. The fourth-order valence-corrected chi connectivity index (χ4v) is 2.61. The van der Waals surface area contributed by atoms with Crippen molar-refractivity contribution >= 4 is 21.4 Å². The molecule has 3 aromatic rings. The van der Waals surface area contributed by atoms with E-state index in [0.29, 0.717) is 0 Å². The molecule has 3 nitrogen and oxygen atoms in total. The quantitative estimate of drug-likeness (QED) is 0.737. The molecule has 0 N–H and O–H groups in total. The summed E-state index contributed by atoms with van der Waals surface area (Å²) in [5.74, 6) is 2.05. The Bertz CT molecular complexity index is 670. The summed E-state index contributed by atoms with van der Waals surface area (Å²) in [7, 11) is 0. The molecular weight excluding hydrogens is 292 g/mol. The van der Waals surface area contributed by atoms with Gasteiger partial charge in [0.25, 0.3) is 0 Å². The van der Waals surface area contributed by atoms with E-state index in [4.69, 9.17) is 4.42 Å². The Hall–Kier alpha value is -1.55. The van der Waals surface area contributed by atoms with Gasteiger partial charge in [-0.25, -0.2) is 4.98 Å². The molecule has 0 saturated heterocycles. The van der Waals surface area contributed by atoms with Crippen molar-refractivity contribution in [1.29, 1.82) is 0 Å². The summed E-state index contributed by atoms with van der Waals surface area (Å²) in [6, 6.07) is 8.09. The molecule has 0 spiro atoms. The number of halogens is 1. The molecule has 92 valence electrons. The Labute approximate surface area is 114 Å². The standard InChI is InChI=1S/C14H13BrN2O/c1-10-4-6-12-14(15)16-13(17(12)9-10)7-5-11-3-2-8-18-11/h2-4,6,8-9H,5,7H2,1H3. The predicted molar refractivity (Wildman–Crippen MR) is 73.7 cm³/mol. The highest BCUT2D eigenvalue weighted by molar-refractivity contribution is 9.10. The largest absolute Gasteiger partial charge is 0.469 e. The van der Waals surface area contributed by atoms with Crippen LogP contribution in [0.15, 0.2) is 45.7 Å². The van der Waals surface area contributed by atoms with Crippen LogP contribution in [0.2, 0.25) is 0 Å². The van der Waals surface area contributed by atoms with E-state index in [0.717, 1.165) is 34.5 Å². The summed E-state index contributed by atoms with van der Waals surface area (Å²) in [6.07, 6.45) is 5.56. The summed E-state index contributed by atoms with van der Waals surface area (Å²) in [6.45, 7) is 2.09. The number of aromatic nitrogens is 2. The normalized spacial score (nSPS) is 11.2. The summed E-state index contributed by atoms with van der Waals surface area (Å²) in [5, 5.41) is 0. The summed E-state index contributed by atoms with van der Waals surface area (Å²) < 4.78 is 8.39. The van der Waals surface area contributed by atoms with Gasteiger partial charge < -0.3 is 8.82 Å². The van der Waals surface area contributed by atoms with Gasteiger partial charge in [-0.3, -0.25) is 0 Å². The molecule has 4 heteroatoms. The van der Waals surface area contributed by atoms with Crippen LogP contribution in [0.1, 0.15) is 17.1 Å². The van der Waals surface area contributed by atoms with E-state index < -0.39 is 0 Å². The molecule has 3 aromatic heterocycles. The molecular formula is C14H13BrN2O. The monoisotopic (exact) mass is 304 g/mol. The average molecular weight is 305 g/mol. The number of hydrogen-bond acceptors (Lipinski definition) is 2. The van der Waals surface area contributed by atoms with Gasteiger partial charge in [0.05, 0.1) is 11.8 Å². The van der Waals surface area contributed by atoms with Crippen LogP contribution in [0.4, 0.5) is 0 Å². The minimum absolute atomic E-state index is 0.865. The summed E-state index contributed by atoms with van der Waals surface area (Å²) in [4.78, 5) is 4.57. The SMILES string of the molecule is Cc1ccc2c(Br)nc(CCc3ccco3)n2c1. The van der Waals surface area contributed by atoms with Crippen LogP contribution in [0, 0.1) is 6.92 Å². The lowest BCUT2D eigenvalue weighted by Crippen LogP contribution is -1.97. The van der Waals surface area contributed by atoms with Gasteiger partial charge in [-0.05, 0) is 46.6 Å². The van der Waals surface area contributed by atoms with Crippen LogP contribution >= 0.6 is 15.9 Å². The van der Waals surface area contributed by atoms with Gasteiger partial charge in [0.15, 0.2) is 0 Å². The lowest BCUT2D eigenvalue weighted by Gasteiger charge is -2.01. The Morgan fingerprint density at radius 2 is 2.17 bits per heavy atom. The molecule has 0 aliphatic rings. The van der Waals surface area contributed by atoms with E-state index in [1.165, 1.54) is 5.56 Å². The average Bonchev–Trinajstić information content (AvgIpc) is 2.95. The maximum atomic E-state index is 5.35. The van der Waals surface area contributed by atoms with Crippen LogP contribution in [-0.2, 0) is 12.8 Å². The first-order valence-corrected chi connectivity index (χ1v) is 6.69. The van der Waals surface area contributed by atoms with Gasteiger partial charge in [0.1, 0.15) is 16.2 Å². The second kappa shape index (κ2) is 4.61. The Morgan fingerprint density at radius 1 is 1.28 bits per heavy atom. The van der Waals surface area contributed by atoms with Crippen molar-refractivity contribution in [3.05, 3.63) is 58.5 Å².